The molecular formula is C16H20N2. The Hall–Kier alpha value is -1.70. The number of unbranched alkanes of at least 4 members (excludes halogenated alkanes) is 2. The van der Waals surface area contributed by atoms with E-state index in [4.69, 9.17) is 0 Å². The molecule has 0 amide bonds. The second-order valence-electron chi connectivity index (χ2n) is 4.65. The van der Waals surface area contributed by atoms with Crippen molar-refractivity contribution in [2.45, 2.75) is 39.0 Å². The van der Waals surface area contributed by atoms with Gasteiger partial charge < -0.3 is 0 Å². The minimum absolute atomic E-state index is 1.09. The zero-order chi connectivity index (χ0) is 12.6. The Morgan fingerprint density at radius 1 is 0.833 bits per heavy atom. The molecule has 0 aliphatic rings. The van der Waals surface area contributed by atoms with Crippen LogP contribution >= 0.6 is 0 Å². The Labute approximate surface area is 109 Å². The Bertz CT molecular complexity index is 466. The van der Waals surface area contributed by atoms with Gasteiger partial charge in [-0.15, -0.1) is 0 Å². The fraction of sp³-hybridized carbons (Fsp3) is 0.375. The van der Waals surface area contributed by atoms with E-state index in [9.17, 15) is 0 Å². The molecule has 18 heavy (non-hydrogen) atoms. The summed E-state index contributed by atoms with van der Waals surface area (Å²) in [5.41, 5.74) is 3.75. The zero-order valence-corrected chi connectivity index (χ0v) is 11.0. The highest BCUT2D eigenvalue weighted by Crippen LogP contribution is 2.10. The number of hydrogen-bond acceptors (Lipinski definition) is 2. The summed E-state index contributed by atoms with van der Waals surface area (Å²) in [4.78, 5) is 8.76. The number of pyridine rings is 2. The summed E-state index contributed by atoms with van der Waals surface area (Å²) in [6.45, 7) is 2.14. The molecule has 2 nitrogen and oxygen atoms in total. The molecule has 0 saturated heterocycles. The molecule has 0 atom stereocenters. The van der Waals surface area contributed by atoms with E-state index in [0.717, 1.165) is 12.8 Å². The molecule has 0 bridgehead atoms. The first-order valence-corrected chi connectivity index (χ1v) is 6.66. The largest absolute Gasteiger partial charge is 0.261 e. The predicted octanol–water partition coefficient (Wildman–Crippen LogP) is 3.74. The highest BCUT2D eigenvalue weighted by molar-refractivity contribution is 5.17. The summed E-state index contributed by atoms with van der Waals surface area (Å²) in [5.74, 6) is 0. The molecule has 0 unspecified atom stereocenters. The fourth-order valence-corrected chi connectivity index (χ4v) is 2.10. The van der Waals surface area contributed by atoms with Crippen molar-refractivity contribution in [1.82, 2.24) is 9.97 Å². The smallest absolute Gasteiger partial charge is 0.0432 e. The van der Waals surface area contributed by atoms with E-state index in [1.807, 2.05) is 24.5 Å². The normalized spacial score (nSPS) is 10.5. The molecule has 94 valence electrons. The van der Waals surface area contributed by atoms with Gasteiger partial charge in [-0.25, -0.2) is 0 Å². The summed E-state index contributed by atoms with van der Waals surface area (Å²) >= 11 is 0. The maximum absolute atomic E-state index is 4.42. The van der Waals surface area contributed by atoms with Crippen LogP contribution in [0.5, 0.6) is 0 Å². The van der Waals surface area contributed by atoms with Crippen molar-refractivity contribution in [3.63, 3.8) is 0 Å². The fourth-order valence-electron chi connectivity index (χ4n) is 2.10. The van der Waals surface area contributed by atoms with Crippen molar-refractivity contribution in [2.24, 2.45) is 0 Å². The number of aromatic nitrogens is 2. The quantitative estimate of drug-likeness (QED) is 0.719. The molecule has 0 aliphatic heterocycles. The zero-order valence-electron chi connectivity index (χ0n) is 11.0. The van der Waals surface area contributed by atoms with Gasteiger partial charge >= 0.3 is 0 Å². The molecule has 0 radical (unpaired) electrons. The molecule has 0 aromatic carbocycles. The summed E-state index contributed by atoms with van der Waals surface area (Å²) in [6.07, 6.45) is 9.60. The van der Waals surface area contributed by atoms with Gasteiger partial charge in [-0.3, -0.25) is 9.97 Å². The van der Waals surface area contributed by atoms with E-state index < -0.39 is 0 Å². The predicted molar refractivity (Wildman–Crippen MR) is 74.5 cm³/mol. The third kappa shape index (κ3) is 3.95. The average Bonchev–Trinajstić information content (AvgIpc) is 2.42. The summed E-state index contributed by atoms with van der Waals surface area (Å²) < 4.78 is 0. The van der Waals surface area contributed by atoms with Crippen molar-refractivity contribution in [3.05, 3.63) is 59.7 Å². The van der Waals surface area contributed by atoms with E-state index in [0.29, 0.717) is 0 Å². The first-order valence-electron chi connectivity index (χ1n) is 6.66. The van der Waals surface area contributed by atoms with Gasteiger partial charge in [-0.05, 0) is 56.4 Å². The van der Waals surface area contributed by atoms with E-state index in [1.54, 1.807) is 0 Å². The topological polar surface area (TPSA) is 25.8 Å². The monoisotopic (exact) mass is 240 g/mol. The van der Waals surface area contributed by atoms with Crippen molar-refractivity contribution in [2.75, 3.05) is 0 Å². The second kappa shape index (κ2) is 6.90. The van der Waals surface area contributed by atoms with Crippen molar-refractivity contribution >= 4 is 0 Å². The highest BCUT2D eigenvalue weighted by Gasteiger charge is 1.99. The number of rotatable bonds is 6. The van der Waals surface area contributed by atoms with Crippen LogP contribution in [-0.2, 0) is 12.8 Å². The molecule has 0 spiro atoms. The van der Waals surface area contributed by atoms with E-state index >= 15 is 0 Å². The standard InChI is InChI=1S/C16H20N2/c1-14-8-7-13-18-16(14)11-4-2-3-9-15-10-5-6-12-17-15/h5-8,10,12-13H,2-4,9,11H2,1H3. The molecule has 2 aromatic rings. The van der Waals surface area contributed by atoms with Gasteiger partial charge in [-0.2, -0.15) is 0 Å². The highest BCUT2D eigenvalue weighted by atomic mass is 14.7. The maximum atomic E-state index is 4.42. The lowest BCUT2D eigenvalue weighted by Gasteiger charge is -2.04. The van der Waals surface area contributed by atoms with E-state index in [-0.39, 0.29) is 0 Å². The van der Waals surface area contributed by atoms with Crippen LogP contribution in [0.15, 0.2) is 42.7 Å². The van der Waals surface area contributed by atoms with Crippen LogP contribution in [0, 0.1) is 6.92 Å². The molecule has 0 N–H and O–H groups in total. The van der Waals surface area contributed by atoms with Crippen LogP contribution in [0.1, 0.15) is 36.2 Å². The SMILES string of the molecule is Cc1cccnc1CCCCCc1ccccn1. The van der Waals surface area contributed by atoms with Crippen LogP contribution in [-0.4, -0.2) is 9.97 Å². The molecule has 0 fully saturated rings. The lowest BCUT2D eigenvalue weighted by molar-refractivity contribution is 0.663. The Morgan fingerprint density at radius 3 is 2.44 bits per heavy atom. The molecule has 2 rings (SSSR count). The second-order valence-corrected chi connectivity index (χ2v) is 4.65. The third-order valence-electron chi connectivity index (χ3n) is 3.19. The van der Waals surface area contributed by atoms with Crippen LogP contribution in [0.4, 0.5) is 0 Å². The lowest BCUT2D eigenvalue weighted by Crippen LogP contribution is -1.94. The van der Waals surface area contributed by atoms with Gasteiger partial charge in [0.05, 0.1) is 0 Å². The minimum atomic E-state index is 1.09. The Kier molecular flexibility index (Phi) is 4.88. The van der Waals surface area contributed by atoms with Gasteiger partial charge in [0, 0.05) is 23.8 Å². The van der Waals surface area contributed by atoms with Gasteiger partial charge in [0.2, 0.25) is 0 Å². The van der Waals surface area contributed by atoms with E-state index in [2.05, 4.69) is 35.1 Å². The molecular weight excluding hydrogens is 220 g/mol. The molecule has 2 aromatic heterocycles. The van der Waals surface area contributed by atoms with E-state index in [1.165, 1.54) is 36.2 Å². The molecule has 0 saturated carbocycles. The van der Waals surface area contributed by atoms with Crippen LogP contribution in [0.25, 0.3) is 0 Å². The number of nitrogens with zero attached hydrogens (tertiary/aromatic N) is 2. The van der Waals surface area contributed by atoms with Gasteiger partial charge in [0.25, 0.3) is 0 Å². The maximum Gasteiger partial charge on any atom is 0.0432 e. The third-order valence-corrected chi connectivity index (χ3v) is 3.19. The summed E-state index contributed by atoms with van der Waals surface area (Å²) in [5, 5.41) is 0. The first-order chi connectivity index (χ1) is 8.86. The lowest BCUT2D eigenvalue weighted by atomic mass is 10.1. The summed E-state index contributed by atoms with van der Waals surface area (Å²) in [7, 11) is 0. The number of hydrogen-bond donors (Lipinski definition) is 0. The molecule has 0 aliphatic carbocycles. The minimum Gasteiger partial charge on any atom is -0.261 e. The van der Waals surface area contributed by atoms with Crippen molar-refractivity contribution < 1.29 is 0 Å². The van der Waals surface area contributed by atoms with Gasteiger partial charge in [0.1, 0.15) is 0 Å². The number of aryl methyl sites for hydroxylation is 3. The van der Waals surface area contributed by atoms with Crippen LogP contribution in [0.3, 0.4) is 0 Å². The van der Waals surface area contributed by atoms with Gasteiger partial charge in [-0.1, -0.05) is 18.6 Å². The Balaban J connectivity index is 1.66. The van der Waals surface area contributed by atoms with Gasteiger partial charge in [0.15, 0.2) is 0 Å². The van der Waals surface area contributed by atoms with Crippen LogP contribution < -0.4 is 0 Å². The van der Waals surface area contributed by atoms with Crippen LogP contribution in [0.2, 0.25) is 0 Å². The molecule has 2 heterocycles. The first kappa shape index (κ1) is 12.7. The average molecular weight is 240 g/mol. The Morgan fingerprint density at radius 2 is 1.67 bits per heavy atom. The van der Waals surface area contributed by atoms with Crippen molar-refractivity contribution in [1.29, 1.82) is 0 Å². The van der Waals surface area contributed by atoms with Crippen molar-refractivity contribution in [3.8, 4) is 0 Å². The summed E-state index contributed by atoms with van der Waals surface area (Å²) in [6, 6.07) is 10.3. The molecule has 2 heteroatoms.